The first kappa shape index (κ1) is 18.4. The molecular weight excluding hydrogens is 336 g/mol. The maximum absolute atomic E-state index is 12.8. The summed E-state index contributed by atoms with van der Waals surface area (Å²) in [6.07, 6.45) is 3.43. The number of piperidine rings is 1. The molecular formula is C19H28N2O3S. The number of carbonyl (C=O) groups excluding carboxylic acids is 1. The van der Waals surface area contributed by atoms with Gasteiger partial charge in [0.25, 0.3) is 0 Å². The maximum Gasteiger partial charge on any atom is 0.243 e. The third-order valence-electron chi connectivity index (χ3n) is 5.21. The van der Waals surface area contributed by atoms with Crippen LogP contribution in [0, 0.1) is 12.8 Å². The number of sulfonamides is 1. The van der Waals surface area contributed by atoms with Crippen LogP contribution in [0.25, 0.3) is 0 Å². The van der Waals surface area contributed by atoms with Gasteiger partial charge in [-0.15, -0.1) is 0 Å². The van der Waals surface area contributed by atoms with Gasteiger partial charge < -0.3 is 4.90 Å². The van der Waals surface area contributed by atoms with Gasteiger partial charge in [0.15, 0.2) is 0 Å². The molecule has 1 aliphatic heterocycles. The number of rotatable bonds is 5. The summed E-state index contributed by atoms with van der Waals surface area (Å²) in [5.74, 6) is 0.164. The van der Waals surface area contributed by atoms with Crippen LogP contribution in [0.4, 0.5) is 0 Å². The summed E-state index contributed by atoms with van der Waals surface area (Å²) in [5, 5.41) is 0. The number of amides is 1. The van der Waals surface area contributed by atoms with Gasteiger partial charge in [0.1, 0.15) is 0 Å². The van der Waals surface area contributed by atoms with E-state index in [-0.39, 0.29) is 17.9 Å². The van der Waals surface area contributed by atoms with Crippen molar-refractivity contribution in [3.05, 3.63) is 29.8 Å². The Balaban J connectivity index is 1.65. The SMILES string of the molecule is Cc1ccc(S(=O)(=O)N2CCC(C(=O)N(C(C)C)C3CC3)CC2)cc1. The molecule has 0 spiro atoms. The fourth-order valence-electron chi connectivity index (χ4n) is 3.62. The average molecular weight is 365 g/mol. The second kappa shape index (κ2) is 7.08. The van der Waals surface area contributed by atoms with E-state index in [2.05, 4.69) is 13.8 Å². The highest BCUT2D eigenvalue weighted by Gasteiger charge is 2.39. The van der Waals surface area contributed by atoms with Crippen LogP contribution in [0.2, 0.25) is 0 Å². The second-order valence-electron chi connectivity index (χ2n) is 7.56. The Kier molecular flexibility index (Phi) is 5.21. The Labute approximate surface area is 151 Å². The van der Waals surface area contributed by atoms with Crippen molar-refractivity contribution >= 4 is 15.9 Å². The van der Waals surface area contributed by atoms with Crippen molar-refractivity contribution in [2.24, 2.45) is 5.92 Å². The zero-order valence-electron chi connectivity index (χ0n) is 15.3. The molecule has 0 radical (unpaired) electrons. The van der Waals surface area contributed by atoms with E-state index < -0.39 is 10.0 Å². The third-order valence-corrected chi connectivity index (χ3v) is 7.13. The van der Waals surface area contributed by atoms with Crippen LogP contribution in [-0.4, -0.2) is 48.7 Å². The minimum Gasteiger partial charge on any atom is -0.337 e. The summed E-state index contributed by atoms with van der Waals surface area (Å²) in [4.78, 5) is 15.2. The smallest absolute Gasteiger partial charge is 0.243 e. The van der Waals surface area contributed by atoms with Gasteiger partial charge >= 0.3 is 0 Å². The fraction of sp³-hybridized carbons (Fsp3) is 0.632. The Morgan fingerprint density at radius 3 is 2.12 bits per heavy atom. The molecule has 0 atom stereocenters. The van der Waals surface area contributed by atoms with E-state index in [1.165, 1.54) is 4.31 Å². The van der Waals surface area contributed by atoms with Gasteiger partial charge in [0.05, 0.1) is 4.90 Å². The fourth-order valence-corrected chi connectivity index (χ4v) is 5.09. The highest BCUT2D eigenvalue weighted by atomic mass is 32.2. The van der Waals surface area contributed by atoms with Crippen molar-refractivity contribution in [2.75, 3.05) is 13.1 Å². The Hall–Kier alpha value is -1.40. The van der Waals surface area contributed by atoms with Crippen LogP contribution >= 0.6 is 0 Å². The molecule has 2 aliphatic rings. The van der Waals surface area contributed by atoms with E-state index in [1.54, 1.807) is 12.1 Å². The zero-order chi connectivity index (χ0) is 18.2. The van der Waals surface area contributed by atoms with E-state index in [1.807, 2.05) is 24.0 Å². The Bertz CT molecular complexity index is 714. The van der Waals surface area contributed by atoms with Crippen molar-refractivity contribution in [2.45, 2.75) is 63.4 Å². The molecule has 1 amide bonds. The van der Waals surface area contributed by atoms with E-state index in [0.29, 0.717) is 36.9 Å². The first-order valence-corrected chi connectivity index (χ1v) is 10.6. The first-order chi connectivity index (χ1) is 11.8. The van der Waals surface area contributed by atoms with Crippen LogP contribution in [-0.2, 0) is 14.8 Å². The van der Waals surface area contributed by atoms with E-state index in [4.69, 9.17) is 0 Å². The molecule has 0 unspecified atom stereocenters. The summed E-state index contributed by atoms with van der Waals surface area (Å²) in [5.41, 5.74) is 1.04. The Morgan fingerprint density at radius 2 is 1.64 bits per heavy atom. The van der Waals surface area contributed by atoms with Gasteiger partial charge in [-0.3, -0.25) is 4.79 Å². The molecule has 5 nitrogen and oxygen atoms in total. The molecule has 25 heavy (non-hydrogen) atoms. The number of benzene rings is 1. The lowest BCUT2D eigenvalue weighted by atomic mass is 9.96. The van der Waals surface area contributed by atoms with Crippen LogP contribution in [0.1, 0.15) is 45.1 Å². The quantitative estimate of drug-likeness (QED) is 0.807. The molecule has 3 rings (SSSR count). The normalized spacial score (nSPS) is 20.0. The van der Waals surface area contributed by atoms with Gasteiger partial charge in [0.2, 0.25) is 15.9 Å². The predicted octanol–water partition coefficient (Wildman–Crippen LogP) is 2.80. The average Bonchev–Trinajstić information content (AvgIpc) is 3.40. The van der Waals surface area contributed by atoms with Crippen LogP contribution < -0.4 is 0 Å². The predicted molar refractivity (Wildman–Crippen MR) is 97.7 cm³/mol. The topological polar surface area (TPSA) is 57.7 Å². The van der Waals surface area contributed by atoms with Gasteiger partial charge in [0, 0.05) is 31.1 Å². The summed E-state index contributed by atoms with van der Waals surface area (Å²) >= 11 is 0. The minimum absolute atomic E-state index is 0.0486. The first-order valence-electron chi connectivity index (χ1n) is 9.19. The largest absolute Gasteiger partial charge is 0.337 e. The van der Waals surface area contributed by atoms with Crippen molar-refractivity contribution in [1.82, 2.24) is 9.21 Å². The second-order valence-corrected chi connectivity index (χ2v) is 9.50. The zero-order valence-corrected chi connectivity index (χ0v) is 16.1. The summed E-state index contributed by atoms with van der Waals surface area (Å²) in [7, 11) is -3.46. The standard InChI is InChI=1S/C19H28N2O3S/c1-14(2)21(17-6-7-17)19(22)16-10-12-20(13-11-16)25(23,24)18-8-4-15(3)5-9-18/h4-5,8-9,14,16-17H,6-7,10-13H2,1-3H3. The maximum atomic E-state index is 12.8. The summed E-state index contributed by atoms with van der Waals surface area (Å²) in [6.45, 7) is 6.90. The molecule has 0 bridgehead atoms. The molecule has 2 fully saturated rings. The molecule has 0 aromatic heterocycles. The van der Waals surface area contributed by atoms with Crippen molar-refractivity contribution < 1.29 is 13.2 Å². The number of aryl methyl sites for hydroxylation is 1. The molecule has 6 heteroatoms. The van der Waals surface area contributed by atoms with Crippen molar-refractivity contribution in [1.29, 1.82) is 0 Å². The molecule has 1 saturated heterocycles. The highest BCUT2D eigenvalue weighted by Crippen LogP contribution is 2.32. The molecule has 1 aromatic rings. The van der Waals surface area contributed by atoms with Gasteiger partial charge in [-0.1, -0.05) is 17.7 Å². The van der Waals surface area contributed by atoms with Gasteiger partial charge in [-0.2, -0.15) is 4.31 Å². The lowest BCUT2D eigenvalue weighted by Crippen LogP contribution is -2.47. The monoisotopic (exact) mass is 364 g/mol. The number of nitrogens with zero attached hydrogens (tertiary/aromatic N) is 2. The minimum atomic E-state index is -3.46. The summed E-state index contributed by atoms with van der Waals surface area (Å²) in [6, 6.07) is 7.58. The van der Waals surface area contributed by atoms with E-state index in [9.17, 15) is 13.2 Å². The molecule has 1 aliphatic carbocycles. The van der Waals surface area contributed by atoms with Crippen molar-refractivity contribution in [3.63, 3.8) is 0 Å². The highest BCUT2D eigenvalue weighted by molar-refractivity contribution is 7.89. The van der Waals surface area contributed by atoms with Gasteiger partial charge in [-0.05, 0) is 58.6 Å². The van der Waals surface area contributed by atoms with E-state index >= 15 is 0 Å². The third kappa shape index (κ3) is 3.90. The number of carbonyl (C=O) groups is 1. The summed E-state index contributed by atoms with van der Waals surface area (Å²) < 4.78 is 27.1. The van der Waals surface area contributed by atoms with Crippen LogP contribution in [0.15, 0.2) is 29.2 Å². The molecule has 1 saturated carbocycles. The molecule has 1 heterocycles. The van der Waals surface area contributed by atoms with Crippen LogP contribution in [0.5, 0.6) is 0 Å². The van der Waals surface area contributed by atoms with Crippen LogP contribution in [0.3, 0.4) is 0 Å². The molecule has 0 N–H and O–H groups in total. The molecule has 1 aromatic carbocycles. The Morgan fingerprint density at radius 1 is 1.08 bits per heavy atom. The molecule has 138 valence electrons. The number of hydrogen-bond donors (Lipinski definition) is 0. The lowest BCUT2D eigenvalue weighted by Gasteiger charge is -2.35. The lowest BCUT2D eigenvalue weighted by molar-refractivity contribution is -0.139. The van der Waals surface area contributed by atoms with E-state index in [0.717, 1.165) is 18.4 Å². The van der Waals surface area contributed by atoms with Crippen molar-refractivity contribution in [3.8, 4) is 0 Å². The van der Waals surface area contributed by atoms with Gasteiger partial charge in [-0.25, -0.2) is 8.42 Å². The number of hydrogen-bond acceptors (Lipinski definition) is 3.